The molecule has 1 unspecified atom stereocenters. The van der Waals surface area contributed by atoms with Crippen molar-refractivity contribution in [2.24, 2.45) is 0 Å². The highest BCUT2D eigenvalue weighted by Crippen LogP contribution is 2.39. The Morgan fingerprint density at radius 2 is 2.05 bits per heavy atom. The quantitative estimate of drug-likeness (QED) is 0.888. The fourth-order valence-electron chi connectivity index (χ4n) is 2.49. The second-order valence-corrected chi connectivity index (χ2v) is 6.18. The summed E-state index contributed by atoms with van der Waals surface area (Å²) >= 11 is 12.2. The molecule has 1 amide bonds. The molecule has 114 valence electrons. The molecular weight excluding hydrogens is 313 g/mol. The maximum absolute atomic E-state index is 12.3. The van der Waals surface area contributed by atoms with Crippen molar-refractivity contribution in [3.8, 4) is 0 Å². The van der Waals surface area contributed by atoms with Gasteiger partial charge in [0.15, 0.2) is 0 Å². The third-order valence-corrected chi connectivity index (χ3v) is 4.20. The average molecular weight is 330 g/mol. The number of benzene rings is 1. The molecule has 0 aromatic heterocycles. The van der Waals surface area contributed by atoms with Crippen LogP contribution < -0.4 is 5.32 Å². The van der Waals surface area contributed by atoms with E-state index >= 15 is 0 Å². The second-order valence-electron chi connectivity index (χ2n) is 5.33. The number of aliphatic hydroxyl groups excluding tert-OH is 1. The molecule has 0 fully saturated rings. The maximum Gasteiger partial charge on any atom is 0.256 e. The molecule has 1 aliphatic heterocycles. The molecule has 0 saturated carbocycles. The summed E-state index contributed by atoms with van der Waals surface area (Å²) in [4.78, 5) is 12.3. The highest BCUT2D eigenvalue weighted by Gasteiger charge is 2.42. The molecule has 1 heterocycles. The van der Waals surface area contributed by atoms with Gasteiger partial charge in [-0.1, -0.05) is 23.2 Å². The molecule has 0 bridgehead atoms. The van der Waals surface area contributed by atoms with E-state index in [0.717, 1.165) is 5.56 Å². The van der Waals surface area contributed by atoms with Crippen molar-refractivity contribution >= 4 is 34.7 Å². The molecule has 0 saturated heterocycles. The van der Waals surface area contributed by atoms with Crippen molar-refractivity contribution in [1.29, 1.82) is 0 Å². The molecule has 1 atom stereocenters. The summed E-state index contributed by atoms with van der Waals surface area (Å²) in [5.41, 5.74) is 0.600. The SMILES string of the molecule is COCCC1(C)NC(=O)C(c2c(C)cc(Cl)cc2Cl)=C1O. The Labute approximate surface area is 133 Å². The monoisotopic (exact) mass is 329 g/mol. The van der Waals surface area contributed by atoms with Crippen LogP contribution in [0.4, 0.5) is 0 Å². The lowest BCUT2D eigenvalue weighted by Crippen LogP contribution is -2.42. The molecule has 0 spiro atoms. The molecular formula is C15H17Cl2NO3. The summed E-state index contributed by atoms with van der Waals surface area (Å²) in [7, 11) is 1.57. The number of hydrogen-bond donors (Lipinski definition) is 2. The number of nitrogens with one attached hydrogen (secondary N) is 1. The fourth-order valence-corrected chi connectivity index (χ4v) is 3.18. The predicted octanol–water partition coefficient (Wildman–Crippen LogP) is 3.50. The van der Waals surface area contributed by atoms with Crippen LogP contribution in [0.3, 0.4) is 0 Å². The van der Waals surface area contributed by atoms with Gasteiger partial charge >= 0.3 is 0 Å². The summed E-state index contributed by atoms with van der Waals surface area (Å²) in [5.74, 6) is -0.365. The van der Waals surface area contributed by atoms with Gasteiger partial charge in [-0.05, 0) is 31.5 Å². The van der Waals surface area contributed by atoms with Gasteiger partial charge in [0.25, 0.3) is 5.91 Å². The van der Waals surface area contributed by atoms with Crippen molar-refractivity contribution in [2.45, 2.75) is 25.8 Å². The third kappa shape index (κ3) is 2.89. The Hall–Kier alpha value is -1.23. The summed E-state index contributed by atoms with van der Waals surface area (Å²) in [6.07, 6.45) is 0.467. The van der Waals surface area contributed by atoms with Gasteiger partial charge in [-0.2, -0.15) is 0 Å². The highest BCUT2D eigenvalue weighted by molar-refractivity contribution is 6.38. The van der Waals surface area contributed by atoms with E-state index in [1.165, 1.54) is 0 Å². The number of rotatable bonds is 4. The summed E-state index contributed by atoms with van der Waals surface area (Å²) in [6, 6.07) is 3.27. The van der Waals surface area contributed by atoms with Crippen LogP contribution in [0.25, 0.3) is 5.57 Å². The van der Waals surface area contributed by atoms with Crippen LogP contribution in [0.15, 0.2) is 17.9 Å². The van der Waals surface area contributed by atoms with E-state index in [0.29, 0.717) is 28.6 Å². The predicted molar refractivity (Wildman–Crippen MR) is 83.8 cm³/mol. The largest absolute Gasteiger partial charge is 0.509 e. The van der Waals surface area contributed by atoms with Crippen molar-refractivity contribution in [2.75, 3.05) is 13.7 Å². The minimum Gasteiger partial charge on any atom is -0.509 e. The highest BCUT2D eigenvalue weighted by atomic mass is 35.5. The summed E-state index contributed by atoms with van der Waals surface area (Å²) in [6.45, 7) is 3.97. The number of aryl methyl sites for hydroxylation is 1. The number of ether oxygens (including phenoxy) is 1. The van der Waals surface area contributed by atoms with E-state index in [1.807, 2.05) is 0 Å². The van der Waals surface area contributed by atoms with Crippen LogP contribution in [0, 0.1) is 6.92 Å². The number of hydrogen-bond acceptors (Lipinski definition) is 3. The molecule has 21 heavy (non-hydrogen) atoms. The number of halogens is 2. The molecule has 4 nitrogen and oxygen atoms in total. The van der Waals surface area contributed by atoms with E-state index < -0.39 is 5.54 Å². The third-order valence-electron chi connectivity index (χ3n) is 3.68. The van der Waals surface area contributed by atoms with Crippen LogP contribution in [-0.4, -0.2) is 30.3 Å². The van der Waals surface area contributed by atoms with Crippen LogP contribution in [0.2, 0.25) is 10.0 Å². The molecule has 2 N–H and O–H groups in total. The lowest BCUT2D eigenvalue weighted by atomic mass is 9.93. The van der Waals surface area contributed by atoms with Crippen molar-refractivity contribution in [3.63, 3.8) is 0 Å². The molecule has 0 aliphatic carbocycles. The van der Waals surface area contributed by atoms with Crippen molar-refractivity contribution in [3.05, 3.63) is 39.1 Å². The summed E-state index contributed by atoms with van der Waals surface area (Å²) < 4.78 is 5.03. The molecule has 0 radical (unpaired) electrons. The lowest BCUT2D eigenvalue weighted by molar-refractivity contribution is -0.116. The van der Waals surface area contributed by atoms with Gasteiger partial charge in [0.1, 0.15) is 5.76 Å². The topological polar surface area (TPSA) is 58.6 Å². The zero-order chi connectivity index (χ0) is 15.8. The first kappa shape index (κ1) is 16.1. The van der Waals surface area contributed by atoms with Gasteiger partial charge in [-0.15, -0.1) is 0 Å². The second kappa shape index (κ2) is 5.87. The Balaban J connectivity index is 2.55. The van der Waals surface area contributed by atoms with Gasteiger partial charge in [-0.25, -0.2) is 0 Å². The molecule has 2 rings (SSSR count). The van der Waals surface area contributed by atoms with E-state index in [1.54, 1.807) is 33.1 Å². The maximum atomic E-state index is 12.3. The van der Waals surface area contributed by atoms with E-state index in [9.17, 15) is 9.90 Å². The minimum atomic E-state index is -0.849. The Bertz CT molecular complexity index is 604. The molecule has 1 aromatic rings. The zero-order valence-corrected chi connectivity index (χ0v) is 13.6. The summed E-state index contributed by atoms with van der Waals surface area (Å²) in [5, 5.41) is 14.2. The van der Waals surface area contributed by atoms with E-state index in [4.69, 9.17) is 27.9 Å². The number of methoxy groups -OCH3 is 1. The smallest absolute Gasteiger partial charge is 0.256 e. The molecule has 6 heteroatoms. The van der Waals surface area contributed by atoms with E-state index in [-0.39, 0.29) is 17.2 Å². The zero-order valence-electron chi connectivity index (χ0n) is 12.1. The Morgan fingerprint density at radius 3 is 2.62 bits per heavy atom. The van der Waals surface area contributed by atoms with Crippen LogP contribution in [-0.2, 0) is 9.53 Å². The first-order valence-electron chi connectivity index (χ1n) is 6.51. The van der Waals surface area contributed by atoms with E-state index in [2.05, 4.69) is 5.32 Å². The Kier molecular flexibility index (Phi) is 4.51. The van der Waals surface area contributed by atoms with Gasteiger partial charge in [-0.3, -0.25) is 4.79 Å². The average Bonchev–Trinajstić information content (AvgIpc) is 2.59. The van der Waals surface area contributed by atoms with Gasteiger partial charge in [0.2, 0.25) is 0 Å². The van der Waals surface area contributed by atoms with Crippen LogP contribution in [0.5, 0.6) is 0 Å². The first-order chi connectivity index (χ1) is 9.80. The standard InChI is InChI=1S/C15H17Cl2NO3/c1-8-6-9(16)7-10(17)11(8)12-13(19)15(2,4-5-21-3)18-14(12)20/h6-7,19H,4-5H2,1-3H3,(H,18,20). The molecule has 1 aromatic carbocycles. The minimum absolute atomic E-state index is 0.0168. The van der Waals surface area contributed by atoms with Gasteiger partial charge < -0.3 is 15.2 Å². The molecule has 1 aliphatic rings. The lowest BCUT2D eigenvalue weighted by Gasteiger charge is -2.24. The number of carbonyl (C=O) groups excluding carboxylic acids is 1. The number of amides is 1. The Morgan fingerprint density at radius 1 is 1.38 bits per heavy atom. The van der Waals surface area contributed by atoms with Crippen LogP contribution in [0.1, 0.15) is 24.5 Å². The number of aliphatic hydroxyl groups is 1. The van der Waals surface area contributed by atoms with Gasteiger partial charge in [0.05, 0.1) is 16.1 Å². The first-order valence-corrected chi connectivity index (χ1v) is 7.27. The van der Waals surface area contributed by atoms with Crippen molar-refractivity contribution < 1.29 is 14.6 Å². The fraction of sp³-hybridized carbons (Fsp3) is 0.400. The van der Waals surface area contributed by atoms with Crippen molar-refractivity contribution in [1.82, 2.24) is 5.32 Å². The van der Waals surface area contributed by atoms with Crippen LogP contribution >= 0.6 is 23.2 Å². The van der Waals surface area contributed by atoms with Gasteiger partial charge in [0, 0.05) is 30.7 Å². The number of carbonyl (C=O) groups is 1. The normalized spacial score (nSPS) is 21.9.